The Labute approximate surface area is 91.5 Å². The Bertz CT molecular complexity index is 367. The molecule has 0 radical (unpaired) electrons. The summed E-state index contributed by atoms with van der Waals surface area (Å²) in [7, 11) is 0.476. The van der Waals surface area contributed by atoms with Crippen molar-refractivity contribution < 1.29 is 4.79 Å². The van der Waals surface area contributed by atoms with Gasteiger partial charge in [-0.2, -0.15) is 0 Å². The van der Waals surface area contributed by atoms with Crippen molar-refractivity contribution in [3.63, 3.8) is 0 Å². The molecule has 2 unspecified atom stereocenters. The molecular formula is C11H15N2OP. The fourth-order valence-corrected chi connectivity index (χ4v) is 2.27. The largest absolute Gasteiger partial charge is 0.337 e. The number of hydrogen-bond donors (Lipinski definition) is 2. The summed E-state index contributed by atoms with van der Waals surface area (Å²) in [4.78, 5) is 11.6. The van der Waals surface area contributed by atoms with Gasteiger partial charge in [0.15, 0.2) is 0 Å². The van der Waals surface area contributed by atoms with Gasteiger partial charge >= 0.3 is 0 Å². The zero-order valence-electron chi connectivity index (χ0n) is 8.71. The van der Waals surface area contributed by atoms with Crippen LogP contribution in [0.4, 0.5) is 0 Å². The van der Waals surface area contributed by atoms with Gasteiger partial charge in [0.05, 0.1) is 6.04 Å². The molecule has 1 heterocycles. The number of nitrogens with one attached hydrogen (secondary N) is 2. The fraction of sp³-hybridized carbons (Fsp3) is 0.364. The van der Waals surface area contributed by atoms with Gasteiger partial charge in [-0.05, 0) is 32.9 Å². The SMILES string of the molecule is CPNC(=O)C1Cc2ccccc2CN1. The van der Waals surface area contributed by atoms with Crippen molar-refractivity contribution in [3.8, 4) is 0 Å². The molecule has 3 nitrogen and oxygen atoms in total. The van der Waals surface area contributed by atoms with Crippen LogP contribution in [0.2, 0.25) is 0 Å². The molecule has 2 rings (SSSR count). The standard InChI is InChI=1S/C11H15N2OP/c1-15-13-11(14)10-6-8-4-2-3-5-9(8)7-12-10/h2-5,10,12,15H,6-7H2,1H3,(H,13,14). The first-order valence-electron chi connectivity index (χ1n) is 5.08. The molecule has 0 fully saturated rings. The number of carbonyl (C=O) groups is 1. The highest BCUT2D eigenvalue weighted by Gasteiger charge is 2.22. The normalized spacial score (nSPS) is 20.2. The van der Waals surface area contributed by atoms with Crippen molar-refractivity contribution in [2.24, 2.45) is 0 Å². The number of fused-ring (bicyclic) bond motifs is 1. The van der Waals surface area contributed by atoms with Gasteiger partial charge in [-0.15, -0.1) is 0 Å². The highest BCUT2D eigenvalue weighted by atomic mass is 31.1. The molecule has 15 heavy (non-hydrogen) atoms. The van der Waals surface area contributed by atoms with Gasteiger partial charge in [0.25, 0.3) is 0 Å². The molecule has 1 aliphatic rings. The lowest BCUT2D eigenvalue weighted by atomic mass is 9.96. The number of hydrogen-bond acceptors (Lipinski definition) is 2. The average molecular weight is 222 g/mol. The first-order valence-corrected chi connectivity index (χ1v) is 6.58. The lowest BCUT2D eigenvalue weighted by Gasteiger charge is -2.24. The Balaban J connectivity index is 2.08. The monoisotopic (exact) mass is 222 g/mol. The van der Waals surface area contributed by atoms with Crippen molar-refractivity contribution in [1.29, 1.82) is 0 Å². The molecule has 80 valence electrons. The number of amides is 1. The van der Waals surface area contributed by atoms with Gasteiger partial charge in [0.2, 0.25) is 5.91 Å². The molecular weight excluding hydrogens is 207 g/mol. The van der Waals surface area contributed by atoms with Crippen LogP contribution in [-0.4, -0.2) is 18.6 Å². The Kier molecular flexibility index (Phi) is 3.34. The molecule has 0 saturated heterocycles. The molecule has 4 heteroatoms. The van der Waals surface area contributed by atoms with E-state index in [-0.39, 0.29) is 11.9 Å². The minimum Gasteiger partial charge on any atom is -0.337 e. The maximum Gasteiger partial charge on any atom is 0.240 e. The maximum atomic E-state index is 11.6. The van der Waals surface area contributed by atoms with Crippen LogP contribution < -0.4 is 10.4 Å². The molecule has 0 spiro atoms. The lowest BCUT2D eigenvalue weighted by Crippen LogP contribution is -2.45. The molecule has 2 atom stereocenters. The third kappa shape index (κ3) is 2.36. The topological polar surface area (TPSA) is 41.1 Å². The molecule has 1 aromatic rings. The van der Waals surface area contributed by atoms with Crippen molar-refractivity contribution in [3.05, 3.63) is 35.4 Å². The Morgan fingerprint density at radius 2 is 2.20 bits per heavy atom. The van der Waals surface area contributed by atoms with Crippen LogP contribution in [0.5, 0.6) is 0 Å². The van der Waals surface area contributed by atoms with E-state index in [2.05, 4.69) is 22.5 Å². The predicted octanol–water partition coefficient (Wildman–Crippen LogP) is 1.04. The second kappa shape index (κ2) is 4.73. The van der Waals surface area contributed by atoms with E-state index in [4.69, 9.17) is 0 Å². The zero-order valence-corrected chi connectivity index (χ0v) is 9.71. The van der Waals surface area contributed by atoms with Crippen molar-refractivity contribution in [2.75, 3.05) is 6.66 Å². The smallest absolute Gasteiger partial charge is 0.240 e. The summed E-state index contributed by atoms with van der Waals surface area (Å²) in [5.74, 6) is 0.116. The minimum atomic E-state index is -0.0626. The summed E-state index contributed by atoms with van der Waals surface area (Å²) in [6, 6.07) is 8.21. The van der Waals surface area contributed by atoms with Crippen LogP contribution in [0, 0.1) is 0 Å². The van der Waals surface area contributed by atoms with Crippen LogP contribution in [0.3, 0.4) is 0 Å². The van der Waals surface area contributed by atoms with E-state index in [0.717, 1.165) is 13.0 Å². The lowest BCUT2D eigenvalue weighted by molar-refractivity contribution is -0.121. The molecule has 2 N–H and O–H groups in total. The van der Waals surface area contributed by atoms with Crippen LogP contribution in [0.15, 0.2) is 24.3 Å². The number of rotatable bonds is 2. The first-order chi connectivity index (χ1) is 7.31. The summed E-state index contributed by atoms with van der Waals surface area (Å²) in [5.41, 5.74) is 2.59. The van der Waals surface area contributed by atoms with E-state index in [1.165, 1.54) is 11.1 Å². The van der Waals surface area contributed by atoms with E-state index in [9.17, 15) is 4.79 Å². The van der Waals surface area contributed by atoms with Crippen molar-refractivity contribution in [2.45, 2.75) is 19.0 Å². The Morgan fingerprint density at radius 1 is 1.47 bits per heavy atom. The molecule has 1 amide bonds. The van der Waals surface area contributed by atoms with E-state index in [1.807, 2.05) is 18.8 Å². The average Bonchev–Trinajstić information content (AvgIpc) is 2.29. The Morgan fingerprint density at radius 3 is 2.93 bits per heavy atom. The van der Waals surface area contributed by atoms with E-state index in [0.29, 0.717) is 8.73 Å². The second-order valence-corrected chi connectivity index (χ2v) is 4.40. The second-order valence-electron chi connectivity index (χ2n) is 3.65. The van der Waals surface area contributed by atoms with Crippen LogP contribution in [0.1, 0.15) is 11.1 Å². The van der Waals surface area contributed by atoms with E-state index < -0.39 is 0 Å². The molecule has 0 saturated carbocycles. The van der Waals surface area contributed by atoms with Crippen molar-refractivity contribution >= 4 is 14.6 Å². The summed E-state index contributed by atoms with van der Waals surface area (Å²) >= 11 is 0. The van der Waals surface area contributed by atoms with Gasteiger partial charge in [0.1, 0.15) is 0 Å². The maximum absolute atomic E-state index is 11.6. The van der Waals surface area contributed by atoms with Gasteiger partial charge in [-0.3, -0.25) is 4.79 Å². The van der Waals surface area contributed by atoms with Gasteiger partial charge in [0, 0.05) is 6.54 Å². The fourth-order valence-electron chi connectivity index (χ4n) is 1.85. The quantitative estimate of drug-likeness (QED) is 0.734. The summed E-state index contributed by atoms with van der Waals surface area (Å²) in [5, 5.41) is 6.12. The third-order valence-electron chi connectivity index (χ3n) is 2.65. The van der Waals surface area contributed by atoms with E-state index in [1.54, 1.807) is 0 Å². The number of benzene rings is 1. The van der Waals surface area contributed by atoms with Gasteiger partial charge in [-0.25, -0.2) is 0 Å². The highest BCUT2D eigenvalue weighted by molar-refractivity contribution is 7.35. The Hall–Kier alpha value is -0.920. The predicted molar refractivity (Wildman–Crippen MR) is 63.2 cm³/mol. The third-order valence-corrected chi connectivity index (χ3v) is 3.14. The minimum absolute atomic E-state index is 0.0626. The van der Waals surface area contributed by atoms with Gasteiger partial charge in [-0.1, -0.05) is 24.3 Å². The highest BCUT2D eigenvalue weighted by Crippen LogP contribution is 2.16. The van der Waals surface area contributed by atoms with Gasteiger partial charge < -0.3 is 10.4 Å². The molecule has 1 aliphatic heterocycles. The number of carbonyl (C=O) groups excluding carboxylic acids is 1. The zero-order chi connectivity index (χ0) is 10.7. The summed E-state index contributed by atoms with van der Waals surface area (Å²) < 4.78 is 0. The van der Waals surface area contributed by atoms with Crippen LogP contribution in [-0.2, 0) is 17.8 Å². The van der Waals surface area contributed by atoms with Crippen molar-refractivity contribution in [1.82, 2.24) is 10.4 Å². The van der Waals surface area contributed by atoms with E-state index >= 15 is 0 Å². The van der Waals surface area contributed by atoms with Crippen LogP contribution in [0.25, 0.3) is 0 Å². The molecule has 1 aromatic carbocycles. The molecule has 0 bridgehead atoms. The molecule has 0 aromatic heterocycles. The summed E-state index contributed by atoms with van der Waals surface area (Å²) in [6.07, 6.45) is 0.798. The van der Waals surface area contributed by atoms with Crippen LogP contribution >= 0.6 is 8.73 Å². The summed E-state index contributed by atoms with van der Waals surface area (Å²) in [6.45, 7) is 2.76. The molecule has 0 aliphatic carbocycles. The first kappa shape index (κ1) is 10.6.